The molecule has 0 saturated heterocycles. The van der Waals surface area contributed by atoms with Gasteiger partial charge in [-0.15, -0.1) is 0 Å². The molecular weight excluding hydrogens is 686 g/mol. The van der Waals surface area contributed by atoms with E-state index < -0.39 is 24.1 Å². The zero-order valence-electron chi connectivity index (χ0n) is 21.1. The van der Waals surface area contributed by atoms with Crippen molar-refractivity contribution in [3.8, 4) is 11.5 Å². The van der Waals surface area contributed by atoms with E-state index in [0.29, 0.717) is 33.2 Å². The third-order valence-corrected chi connectivity index (χ3v) is 7.51. The van der Waals surface area contributed by atoms with Crippen molar-refractivity contribution in [2.75, 3.05) is 27.9 Å². The van der Waals surface area contributed by atoms with E-state index in [2.05, 4.69) is 53.1 Å². The number of ether oxygens (including phenoxy) is 4. The summed E-state index contributed by atoms with van der Waals surface area (Å²) < 4.78 is 24.1. The highest BCUT2D eigenvalue weighted by molar-refractivity contribution is 9.11. The fourth-order valence-corrected chi connectivity index (χ4v) is 6.03. The molecule has 2 atom stereocenters. The Kier molecular flexibility index (Phi) is 11.6. The van der Waals surface area contributed by atoms with Gasteiger partial charge in [0.05, 0.1) is 27.6 Å². The standard InChI is InChI=1S/C28H28Br3NO6/c1-35-23-10-9-17(13-20(23)29)11-12-32-27(33)24(16-18-14-21(30)26(37-3)22(31)15-18)38-28(34)25(36-2)19-7-5-4-6-8-19/h4-10,13-15,24-25H,11-12,16H2,1-3H3,(H,32,33)/t24-,25+/m0/s1. The van der Waals surface area contributed by atoms with Crippen molar-refractivity contribution in [3.05, 3.63) is 90.8 Å². The SMILES string of the molecule is COc1ccc(CCNC(=O)[C@H](Cc2cc(Br)c(OC)c(Br)c2)OC(=O)[C@H](OC)c2ccccc2)cc1Br. The second-order valence-corrected chi connectivity index (χ2v) is 10.8. The number of carbonyl (C=O) groups is 2. The summed E-state index contributed by atoms with van der Waals surface area (Å²) in [7, 11) is 4.60. The topological polar surface area (TPSA) is 83.1 Å². The first-order chi connectivity index (χ1) is 18.3. The Balaban J connectivity index is 1.77. The predicted octanol–water partition coefficient (Wildman–Crippen LogP) is 6.19. The predicted molar refractivity (Wildman–Crippen MR) is 156 cm³/mol. The van der Waals surface area contributed by atoms with Gasteiger partial charge >= 0.3 is 5.97 Å². The molecule has 10 heteroatoms. The monoisotopic (exact) mass is 711 g/mol. The van der Waals surface area contributed by atoms with Gasteiger partial charge in [0, 0.05) is 20.1 Å². The maximum Gasteiger partial charge on any atom is 0.340 e. The molecule has 0 heterocycles. The highest BCUT2D eigenvalue weighted by atomic mass is 79.9. The minimum absolute atomic E-state index is 0.151. The molecule has 0 unspecified atom stereocenters. The molecule has 0 saturated carbocycles. The second kappa shape index (κ2) is 14.7. The van der Waals surface area contributed by atoms with Gasteiger partial charge in [-0.25, -0.2) is 4.79 Å². The Morgan fingerprint density at radius 2 is 1.50 bits per heavy atom. The molecule has 0 fully saturated rings. The van der Waals surface area contributed by atoms with Crippen molar-refractivity contribution in [3.63, 3.8) is 0 Å². The van der Waals surface area contributed by atoms with Crippen LogP contribution >= 0.6 is 47.8 Å². The van der Waals surface area contributed by atoms with E-state index in [9.17, 15) is 9.59 Å². The number of halogens is 3. The van der Waals surface area contributed by atoms with Crippen LogP contribution in [0.2, 0.25) is 0 Å². The highest BCUT2D eigenvalue weighted by Gasteiger charge is 2.29. The Labute approximate surface area is 247 Å². The summed E-state index contributed by atoms with van der Waals surface area (Å²) in [6.07, 6.45) is -1.31. The maximum atomic E-state index is 13.3. The molecule has 0 bridgehead atoms. The van der Waals surface area contributed by atoms with Gasteiger partial charge in [0.1, 0.15) is 11.5 Å². The maximum absolute atomic E-state index is 13.3. The lowest BCUT2D eigenvalue weighted by Gasteiger charge is -2.22. The molecule has 1 N–H and O–H groups in total. The van der Waals surface area contributed by atoms with Crippen LogP contribution in [0.5, 0.6) is 11.5 Å². The van der Waals surface area contributed by atoms with Crippen molar-refractivity contribution in [1.29, 1.82) is 0 Å². The number of rotatable bonds is 12. The summed E-state index contributed by atoms with van der Waals surface area (Å²) in [5.41, 5.74) is 2.42. The number of methoxy groups -OCH3 is 3. The number of amides is 1. The largest absolute Gasteiger partial charge is 0.496 e. The normalized spacial score (nSPS) is 12.4. The first kappa shape index (κ1) is 30.1. The van der Waals surface area contributed by atoms with Gasteiger partial charge in [-0.2, -0.15) is 0 Å². The zero-order valence-corrected chi connectivity index (χ0v) is 25.9. The summed E-state index contributed by atoms with van der Waals surface area (Å²) in [4.78, 5) is 26.4. The van der Waals surface area contributed by atoms with Crippen LogP contribution in [0.25, 0.3) is 0 Å². The summed E-state index contributed by atoms with van der Waals surface area (Å²) in [5, 5.41) is 2.90. The molecule has 0 radical (unpaired) electrons. The number of esters is 1. The lowest BCUT2D eigenvalue weighted by molar-refractivity contribution is -0.165. The second-order valence-electron chi connectivity index (χ2n) is 8.26. The lowest BCUT2D eigenvalue weighted by atomic mass is 10.1. The highest BCUT2D eigenvalue weighted by Crippen LogP contribution is 2.35. The summed E-state index contributed by atoms with van der Waals surface area (Å²) in [5.74, 6) is 0.301. The Morgan fingerprint density at radius 1 is 0.842 bits per heavy atom. The van der Waals surface area contributed by atoms with Crippen molar-refractivity contribution < 1.29 is 28.5 Å². The van der Waals surface area contributed by atoms with E-state index in [1.165, 1.54) is 7.11 Å². The fourth-order valence-electron chi connectivity index (χ4n) is 3.83. The van der Waals surface area contributed by atoms with Gasteiger partial charge in [0.25, 0.3) is 5.91 Å². The van der Waals surface area contributed by atoms with Gasteiger partial charge in [-0.3, -0.25) is 4.79 Å². The number of carbonyl (C=O) groups excluding carboxylic acids is 2. The molecule has 0 aliphatic heterocycles. The van der Waals surface area contributed by atoms with Crippen molar-refractivity contribution in [1.82, 2.24) is 5.32 Å². The van der Waals surface area contributed by atoms with Crippen LogP contribution in [0, 0.1) is 0 Å². The zero-order chi connectivity index (χ0) is 27.7. The van der Waals surface area contributed by atoms with E-state index in [4.69, 9.17) is 18.9 Å². The third-order valence-electron chi connectivity index (χ3n) is 5.72. The molecule has 202 valence electrons. The summed E-state index contributed by atoms with van der Waals surface area (Å²) in [6.45, 7) is 0.355. The number of hydrogen-bond donors (Lipinski definition) is 1. The van der Waals surface area contributed by atoms with Crippen LogP contribution in [0.15, 0.2) is 74.1 Å². The molecule has 3 aromatic carbocycles. The molecule has 3 aromatic rings. The molecule has 1 amide bonds. The molecule has 0 spiro atoms. The molecular formula is C28H28Br3NO6. The molecule has 0 aromatic heterocycles. The van der Waals surface area contributed by atoms with Crippen molar-refractivity contribution >= 4 is 59.7 Å². The molecule has 38 heavy (non-hydrogen) atoms. The average Bonchev–Trinajstić information content (AvgIpc) is 2.89. The number of benzene rings is 3. The van der Waals surface area contributed by atoms with Gasteiger partial charge in [0.15, 0.2) is 12.2 Å². The van der Waals surface area contributed by atoms with Crippen molar-refractivity contribution in [2.24, 2.45) is 0 Å². The van der Waals surface area contributed by atoms with Crippen molar-refractivity contribution in [2.45, 2.75) is 25.0 Å². The average molecular weight is 714 g/mol. The lowest BCUT2D eigenvalue weighted by Crippen LogP contribution is -2.41. The van der Waals surface area contributed by atoms with E-state index in [1.54, 1.807) is 26.4 Å². The molecule has 3 rings (SSSR count). The van der Waals surface area contributed by atoms with Gasteiger partial charge < -0.3 is 24.3 Å². The van der Waals surface area contributed by atoms with Gasteiger partial charge in [-0.05, 0) is 95.2 Å². The van der Waals surface area contributed by atoms with E-state index >= 15 is 0 Å². The third kappa shape index (κ3) is 8.05. The quantitative estimate of drug-likeness (QED) is 0.226. The molecule has 0 aliphatic rings. The Morgan fingerprint density at radius 3 is 2.08 bits per heavy atom. The van der Waals surface area contributed by atoms with Gasteiger partial charge in [-0.1, -0.05) is 36.4 Å². The minimum Gasteiger partial charge on any atom is -0.496 e. The first-order valence-corrected chi connectivity index (χ1v) is 14.1. The molecule has 0 aliphatic carbocycles. The van der Waals surface area contributed by atoms with Crippen LogP contribution in [0.1, 0.15) is 22.8 Å². The number of hydrogen-bond acceptors (Lipinski definition) is 6. The van der Waals surface area contributed by atoms with Crippen LogP contribution in [-0.2, 0) is 31.9 Å². The smallest absolute Gasteiger partial charge is 0.340 e. The van der Waals surface area contributed by atoms with Crippen LogP contribution < -0.4 is 14.8 Å². The summed E-state index contributed by atoms with van der Waals surface area (Å²) in [6, 6.07) is 18.4. The molecule has 7 nitrogen and oxygen atoms in total. The summed E-state index contributed by atoms with van der Waals surface area (Å²) >= 11 is 10.5. The van der Waals surface area contributed by atoms with E-state index in [0.717, 1.165) is 21.3 Å². The van der Waals surface area contributed by atoms with Crippen LogP contribution in [0.4, 0.5) is 0 Å². The van der Waals surface area contributed by atoms with E-state index in [1.807, 2.05) is 48.5 Å². The first-order valence-electron chi connectivity index (χ1n) is 11.7. The number of nitrogens with one attached hydrogen (secondary N) is 1. The fraction of sp³-hybridized carbons (Fsp3) is 0.286. The van der Waals surface area contributed by atoms with Crippen LogP contribution in [0.3, 0.4) is 0 Å². The minimum atomic E-state index is -1.08. The Hall–Kier alpha value is -2.40. The van der Waals surface area contributed by atoms with Gasteiger partial charge in [0.2, 0.25) is 0 Å². The van der Waals surface area contributed by atoms with Crippen LogP contribution in [-0.4, -0.2) is 45.9 Å². The Bertz CT molecular complexity index is 1230. The van der Waals surface area contributed by atoms with E-state index in [-0.39, 0.29) is 6.42 Å².